The van der Waals surface area contributed by atoms with Crippen molar-refractivity contribution < 1.29 is 19.1 Å². The Labute approximate surface area is 145 Å². The highest BCUT2D eigenvalue weighted by molar-refractivity contribution is 6.33. The molecule has 3 aromatic rings. The molecule has 3 rings (SSSR count). The summed E-state index contributed by atoms with van der Waals surface area (Å²) in [7, 11) is -1.98. The zero-order valence-corrected chi connectivity index (χ0v) is 14.3. The maximum Gasteiger partial charge on any atom is 0.707 e. The molecule has 0 bridgehead atoms. The summed E-state index contributed by atoms with van der Waals surface area (Å²) in [4.78, 5) is 9.22. The second-order valence-electron chi connectivity index (χ2n) is 5.92. The van der Waals surface area contributed by atoms with Crippen LogP contribution in [0.15, 0.2) is 24.3 Å². The van der Waals surface area contributed by atoms with Crippen molar-refractivity contribution >= 4 is 18.5 Å². The lowest BCUT2D eigenvalue weighted by molar-refractivity contribution is 0.287. The zero-order valence-electron chi connectivity index (χ0n) is 14.3. The normalized spacial score (nSPS) is 11.1. The minimum Gasteiger partial charge on any atom is -0.512 e. The van der Waals surface area contributed by atoms with Crippen molar-refractivity contribution in [2.24, 2.45) is 0 Å². The van der Waals surface area contributed by atoms with Crippen LogP contribution in [0.1, 0.15) is 29.6 Å². The second kappa shape index (κ2) is 6.82. The van der Waals surface area contributed by atoms with E-state index in [2.05, 4.69) is 14.6 Å². The Bertz CT molecular complexity index is 927. The molecule has 0 fully saturated rings. The molecule has 0 aliphatic rings. The Morgan fingerprint density at radius 2 is 1.96 bits per heavy atom. The van der Waals surface area contributed by atoms with Gasteiger partial charge in [-0.1, -0.05) is 13.0 Å². The van der Waals surface area contributed by atoms with Crippen molar-refractivity contribution in [1.82, 2.24) is 14.5 Å². The maximum absolute atomic E-state index is 14.4. The molecule has 0 saturated heterocycles. The second-order valence-corrected chi connectivity index (χ2v) is 5.92. The number of nitrogens with zero attached hydrogens (tertiary/aromatic N) is 3. The Morgan fingerprint density at radius 3 is 2.60 bits per heavy atom. The van der Waals surface area contributed by atoms with Gasteiger partial charge in [0.2, 0.25) is 0 Å². The van der Waals surface area contributed by atoms with Crippen molar-refractivity contribution in [2.45, 2.75) is 33.7 Å². The lowest BCUT2D eigenvalue weighted by Crippen LogP contribution is -2.20. The molecule has 0 radical (unpaired) electrons. The fourth-order valence-corrected chi connectivity index (χ4v) is 2.91. The Balaban J connectivity index is 2.03. The van der Waals surface area contributed by atoms with Crippen LogP contribution in [0.25, 0.3) is 11.2 Å². The van der Waals surface area contributed by atoms with Gasteiger partial charge in [-0.2, -0.15) is 0 Å². The van der Waals surface area contributed by atoms with Gasteiger partial charge in [-0.25, -0.2) is 14.4 Å². The highest BCUT2D eigenvalue weighted by Crippen LogP contribution is 2.23. The van der Waals surface area contributed by atoms with E-state index in [9.17, 15) is 4.39 Å². The van der Waals surface area contributed by atoms with Crippen molar-refractivity contribution in [1.29, 1.82) is 0 Å². The van der Waals surface area contributed by atoms with Gasteiger partial charge in [0.25, 0.3) is 0 Å². The highest BCUT2D eigenvalue weighted by atomic mass is 19.1. The van der Waals surface area contributed by atoms with Crippen molar-refractivity contribution in [3.8, 4) is 5.75 Å². The number of halogens is 1. The first kappa shape index (κ1) is 17.4. The third kappa shape index (κ3) is 3.50. The van der Waals surface area contributed by atoms with E-state index in [1.165, 1.54) is 6.07 Å². The number of aryl methyl sites for hydroxylation is 3. The van der Waals surface area contributed by atoms with Crippen molar-refractivity contribution in [3.05, 3.63) is 52.7 Å². The first-order chi connectivity index (χ1) is 11.9. The van der Waals surface area contributed by atoms with E-state index in [1.54, 1.807) is 6.07 Å². The van der Waals surface area contributed by atoms with Crippen LogP contribution < -0.4 is 4.65 Å². The Hall–Kier alpha value is -2.45. The summed E-state index contributed by atoms with van der Waals surface area (Å²) in [5.74, 6) is 0.389. The van der Waals surface area contributed by atoms with Crippen LogP contribution in [0.5, 0.6) is 5.75 Å². The van der Waals surface area contributed by atoms with E-state index in [0.29, 0.717) is 12.0 Å². The largest absolute Gasteiger partial charge is 0.707 e. The van der Waals surface area contributed by atoms with E-state index in [0.717, 1.165) is 34.3 Å². The van der Waals surface area contributed by atoms with E-state index < -0.39 is 13.1 Å². The van der Waals surface area contributed by atoms with Gasteiger partial charge < -0.3 is 19.3 Å². The number of aromatic nitrogens is 3. The number of rotatable bonds is 5. The molecule has 130 valence electrons. The van der Waals surface area contributed by atoms with Gasteiger partial charge in [0.05, 0.1) is 6.54 Å². The number of imidazole rings is 1. The van der Waals surface area contributed by atoms with Gasteiger partial charge >= 0.3 is 7.32 Å². The van der Waals surface area contributed by atoms with Gasteiger partial charge in [0.15, 0.2) is 5.65 Å². The quantitative estimate of drug-likeness (QED) is 0.694. The smallest absolute Gasteiger partial charge is 0.512 e. The molecule has 0 spiro atoms. The number of hydrogen-bond donors (Lipinski definition) is 2. The minimum absolute atomic E-state index is 0.0484. The van der Waals surface area contributed by atoms with Crippen LogP contribution in [0.4, 0.5) is 4.39 Å². The predicted octanol–water partition coefficient (Wildman–Crippen LogP) is 2.15. The molecule has 1 aromatic carbocycles. The Morgan fingerprint density at radius 1 is 1.20 bits per heavy atom. The molecule has 0 aliphatic carbocycles. The molecule has 6 nitrogen and oxygen atoms in total. The number of fused-ring (bicyclic) bond motifs is 1. The lowest BCUT2D eigenvalue weighted by Gasteiger charge is -2.11. The molecule has 0 atom stereocenters. The van der Waals surface area contributed by atoms with Gasteiger partial charge in [0, 0.05) is 23.7 Å². The molecule has 25 heavy (non-hydrogen) atoms. The van der Waals surface area contributed by atoms with Crippen LogP contribution in [-0.4, -0.2) is 31.9 Å². The molecule has 2 aromatic heterocycles. The average Bonchev–Trinajstić information content (AvgIpc) is 2.87. The molecule has 0 aliphatic heterocycles. The lowest BCUT2D eigenvalue weighted by atomic mass is 10.1. The molecular formula is C17H19BFN3O3. The van der Waals surface area contributed by atoms with Crippen LogP contribution in [0.2, 0.25) is 0 Å². The van der Waals surface area contributed by atoms with E-state index >= 15 is 0 Å². The number of hydrogen-bond acceptors (Lipinski definition) is 5. The Kier molecular flexibility index (Phi) is 4.74. The van der Waals surface area contributed by atoms with Gasteiger partial charge in [-0.05, 0) is 31.5 Å². The van der Waals surface area contributed by atoms with Crippen molar-refractivity contribution in [3.63, 3.8) is 0 Å². The fraction of sp³-hybridized carbons (Fsp3) is 0.294. The number of pyridine rings is 1. The molecular weight excluding hydrogens is 324 g/mol. The predicted molar refractivity (Wildman–Crippen MR) is 92.7 cm³/mol. The molecule has 0 unspecified atom stereocenters. The molecule has 8 heteroatoms. The van der Waals surface area contributed by atoms with Gasteiger partial charge in [-0.15, -0.1) is 0 Å². The van der Waals surface area contributed by atoms with E-state index in [-0.39, 0.29) is 12.3 Å². The summed E-state index contributed by atoms with van der Waals surface area (Å²) in [5, 5.41) is 17.6. The average molecular weight is 343 g/mol. The first-order valence-corrected chi connectivity index (χ1v) is 8.03. The summed E-state index contributed by atoms with van der Waals surface area (Å²) < 4.78 is 21.0. The van der Waals surface area contributed by atoms with Crippen LogP contribution in [0, 0.1) is 19.7 Å². The third-order valence-corrected chi connectivity index (χ3v) is 4.01. The SMILES string of the molecule is CCc1nc2c(C)cc(C)nc2n1Cc1ccc(OB(O)O)cc1F. The van der Waals surface area contributed by atoms with E-state index in [4.69, 9.17) is 10.0 Å². The van der Waals surface area contributed by atoms with Gasteiger partial charge in [-0.3, -0.25) is 0 Å². The monoisotopic (exact) mass is 343 g/mol. The number of benzene rings is 1. The van der Waals surface area contributed by atoms with E-state index in [1.807, 2.05) is 31.4 Å². The summed E-state index contributed by atoms with van der Waals surface area (Å²) in [5.41, 5.74) is 3.92. The van der Waals surface area contributed by atoms with Crippen LogP contribution in [0.3, 0.4) is 0 Å². The third-order valence-electron chi connectivity index (χ3n) is 4.01. The summed E-state index contributed by atoms with van der Waals surface area (Å²) in [6.45, 7) is 6.18. The molecule has 2 heterocycles. The highest BCUT2D eigenvalue weighted by Gasteiger charge is 2.17. The maximum atomic E-state index is 14.4. The summed E-state index contributed by atoms with van der Waals surface area (Å²) in [6, 6.07) is 6.16. The van der Waals surface area contributed by atoms with Crippen LogP contribution >= 0.6 is 0 Å². The standard InChI is InChI=1S/C17H19BFN3O3/c1-4-15-21-16-10(2)7-11(3)20-17(16)22(15)9-12-5-6-13(8-14(12)19)25-18(23)24/h5-8,23-24H,4,9H2,1-3H3. The first-order valence-electron chi connectivity index (χ1n) is 8.03. The van der Waals surface area contributed by atoms with Gasteiger partial charge in [0.1, 0.15) is 22.9 Å². The minimum atomic E-state index is -1.98. The topological polar surface area (TPSA) is 80.4 Å². The molecule has 0 saturated carbocycles. The zero-order chi connectivity index (χ0) is 18.1. The summed E-state index contributed by atoms with van der Waals surface area (Å²) in [6.07, 6.45) is 0.703. The van der Waals surface area contributed by atoms with Crippen molar-refractivity contribution in [2.75, 3.05) is 0 Å². The molecule has 0 amide bonds. The summed E-state index contributed by atoms with van der Waals surface area (Å²) >= 11 is 0. The molecule has 2 N–H and O–H groups in total. The van der Waals surface area contributed by atoms with Crippen LogP contribution in [-0.2, 0) is 13.0 Å². The fourth-order valence-electron chi connectivity index (χ4n) is 2.91.